The first-order valence-electron chi connectivity index (χ1n) is 16.8. The van der Waals surface area contributed by atoms with Crippen LogP contribution in [0.4, 0.5) is 17.1 Å². The summed E-state index contributed by atoms with van der Waals surface area (Å²) in [4.78, 5) is 2.40. The molecule has 0 bridgehead atoms. The largest absolute Gasteiger partial charge is 0.310 e. The number of rotatable bonds is 5. The first kappa shape index (κ1) is 28.3. The Morgan fingerprint density at radius 2 is 0.875 bits per heavy atom. The molecule has 1 heteroatoms. The van der Waals surface area contributed by atoms with Crippen molar-refractivity contribution in [1.29, 1.82) is 0 Å². The van der Waals surface area contributed by atoms with Crippen LogP contribution in [0.1, 0.15) is 25.0 Å². The van der Waals surface area contributed by atoms with Crippen molar-refractivity contribution in [2.45, 2.75) is 19.3 Å². The van der Waals surface area contributed by atoms with Gasteiger partial charge in [-0.3, -0.25) is 0 Å². The second-order valence-electron chi connectivity index (χ2n) is 13.4. The van der Waals surface area contributed by atoms with Crippen LogP contribution < -0.4 is 4.90 Å². The van der Waals surface area contributed by atoms with E-state index in [2.05, 4.69) is 195 Å². The highest BCUT2D eigenvalue weighted by atomic mass is 15.1. The molecule has 1 aliphatic carbocycles. The molecule has 0 N–H and O–H groups in total. The average Bonchev–Trinajstić information content (AvgIpc) is 3.37. The molecule has 48 heavy (non-hydrogen) atoms. The van der Waals surface area contributed by atoms with Gasteiger partial charge in [-0.15, -0.1) is 0 Å². The molecule has 0 heterocycles. The number of benzene rings is 8. The van der Waals surface area contributed by atoms with E-state index in [9.17, 15) is 0 Å². The molecule has 0 aliphatic heterocycles. The third kappa shape index (κ3) is 4.54. The van der Waals surface area contributed by atoms with Crippen LogP contribution in [0.2, 0.25) is 0 Å². The Kier molecular flexibility index (Phi) is 6.55. The van der Waals surface area contributed by atoms with Crippen molar-refractivity contribution in [3.63, 3.8) is 0 Å². The summed E-state index contributed by atoms with van der Waals surface area (Å²) in [5, 5.41) is 5.07. The van der Waals surface area contributed by atoms with E-state index in [1.54, 1.807) is 0 Å². The Hall–Kier alpha value is -5.92. The molecule has 0 saturated carbocycles. The fourth-order valence-corrected chi connectivity index (χ4v) is 7.81. The van der Waals surface area contributed by atoms with Gasteiger partial charge >= 0.3 is 0 Å². The molecular formula is C47H35N. The fourth-order valence-electron chi connectivity index (χ4n) is 7.81. The van der Waals surface area contributed by atoms with Crippen molar-refractivity contribution in [3.05, 3.63) is 187 Å². The van der Waals surface area contributed by atoms with E-state index < -0.39 is 0 Å². The fraction of sp³-hybridized carbons (Fsp3) is 0.0638. The summed E-state index contributed by atoms with van der Waals surface area (Å²) < 4.78 is 0. The van der Waals surface area contributed by atoms with E-state index in [1.807, 2.05) is 0 Å². The maximum absolute atomic E-state index is 2.41. The van der Waals surface area contributed by atoms with Crippen molar-refractivity contribution in [2.24, 2.45) is 0 Å². The minimum atomic E-state index is -0.0793. The van der Waals surface area contributed by atoms with Crippen LogP contribution in [0.25, 0.3) is 54.9 Å². The van der Waals surface area contributed by atoms with Gasteiger partial charge in [-0.1, -0.05) is 147 Å². The van der Waals surface area contributed by atoms with Crippen LogP contribution in [0.3, 0.4) is 0 Å². The van der Waals surface area contributed by atoms with Gasteiger partial charge in [0.1, 0.15) is 0 Å². The molecule has 0 radical (unpaired) electrons. The van der Waals surface area contributed by atoms with Crippen LogP contribution in [-0.2, 0) is 5.41 Å². The monoisotopic (exact) mass is 613 g/mol. The quantitative estimate of drug-likeness (QED) is 0.175. The Labute approximate surface area is 282 Å². The SMILES string of the molecule is CC1(C)c2ccccc2-c2ccc(N(c3ccc(-c4ccccc4)cc3)c3ccc(-c4c5ccccc5cc5ccccc45)cc3)cc21. The molecule has 0 unspecified atom stereocenters. The Morgan fingerprint density at radius 1 is 0.375 bits per heavy atom. The Bertz CT molecular complexity index is 2400. The Balaban J connectivity index is 1.19. The highest BCUT2D eigenvalue weighted by Crippen LogP contribution is 2.50. The second kappa shape index (κ2) is 11.1. The number of nitrogens with zero attached hydrogens (tertiary/aromatic N) is 1. The maximum Gasteiger partial charge on any atom is 0.0465 e. The van der Waals surface area contributed by atoms with Crippen LogP contribution >= 0.6 is 0 Å². The maximum atomic E-state index is 2.41. The van der Waals surface area contributed by atoms with Crippen LogP contribution in [-0.4, -0.2) is 0 Å². The van der Waals surface area contributed by atoms with E-state index in [0.29, 0.717) is 0 Å². The molecule has 0 atom stereocenters. The molecule has 1 nitrogen and oxygen atoms in total. The third-order valence-corrected chi connectivity index (χ3v) is 10.2. The zero-order chi connectivity index (χ0) is 32.2. The summed E-state index contributed by atoms with van der Waals surface area (Å²) in [6.07, 6.45) is 0. The van der Waals surface area contributed by atoms with Crippen molar-refractivity contribution < 1.29 is 0 Å². The summed E-state index contributed by atoms with van der Waals surface area (Å²) in [6, 6.07) is 64.4. The summed E-state index contributed by atoms with van der Waals surface area (Å²) in [6.45, 7) is 4.70. The lowest BCUT2D eigenvalue weighted by Gasteiger charge is -2.28. The molecule has 228 valence electrons. The predicted octanol–water partition coefficient (Wildman–Crippen LogP) is 13.1. The van der Waals surface area contributed by atoms with Gasteiger partial charge in [0, 0.05) is 22.5 Å². The number of fused-ring (bicyclic) bond motifs is 5. The van der Waals surface area contributed by atoms with Crippen molar-refractivity contribution in [1.82, 2.24) is 0 Å². The van der Waals surface area contributed by atoms with Gasteiger partial charge in [-0.05, 0) is 109 Å². The minimum Gasteiger partial charge on any atom is -0.310 e. The van der Waals surface area contributed by atoms with E-state index in [-0.39, 0.29) is 5.41 Å². The smallest absolute Gasteiger partial charge is 0.0465 e. The predicted molar refractivity (Wildman–Crippen MR) is 205 cm³/mol. The van der Waals surface area contributed by atoms with Gasteiger partial charge in [0.15, 0.2) is 0 Å². The summed E-state index contributed by atoms with van der Waals surface area (Å²) in [7, 11) is 0. The lowest BCUT2D eigenvalue weighted by atomic mass is 9.82. The lowest BCUT2D eigenvalue weighted by molar-refractivity contribution is 0.660. The molecule has 8 aromatic carbocycles. The normalized spacial score (nSPS) is 13.0. The molecule has 0 amide bonds. The molecule has 0 fully saturated rings. The highest BCUT2D eigenvalue weighted by molar-refractivity contribution is 6.12. The van der Waals surface area contributed by atoms with E-state index in [0.717, 1.165) is 17.1 Å². The third-order valence-electron chi connectivity index (χ3n) is 10.2. The first-order valence-corrected chi connectivity index (χ1v) is 16.8. The van der Waals surface area contributed by atoms with Crippen molar-refractivity contribution in [2.75, 3.05) is 4.90 Å². The van der Waals surface area contributed by atoms with E-state index in [1.165, 1.54) is 66.1 Å². The molecule has 0 saturated heterocycles. The first-order chi connectivity index (χ1) is 23.6. The van der Waals surface area contributed by atoms with Gasteiger partial charge in [-0.2, -0.15) is 0 Å². The van der Waals surface area contributed by atoms with Crippen LogP contribution in [0, 0.1) is 0 Å². The number of hydrogen-bond donors (Lipinski definition) is 0. The lowest BCUT2D eigenvalue weighted by Crippen LogP contribution is -2.16. The molecule has 0 aromatic heterocycles. The minimum absolute atomic E-state index is 0.0793. The summed E-state index contributed by atoms with van der Waals surface area (Å²) in [5.74, 6) is 0. The topological polar surface area (TPSA) is 3.24 Å². The number of anilines is 3. The molecule has 9 rings (SSSR count). The summed E-state index contributed by atoms with van der Waals surface area (Å²) >= 11 is 0. The molecular weight excluding hydrogens is 579 g/mol. The van der Waals surface area contributed by atoms with Crippen LogP contribution in [0.15, 0.2) is 176 Å². The standard InChI is InChI=1S/C47H35N/c1-47(2)44-19-11-10-18-42(44)43-29-28-39(31-45(43)47)48(37-24-20-33(21-25-37)32-12-4-3-5-13-32)38-26-22-34(23-27-38)46-40-16-8-6-14-35(40)30-36-15-7-9-17-41(36)46/h3-31H,1-2H3. The van der Waals surface area contributed by atoms with E-state index >= 15 is 0 Å². The average molecular weight is 614 g/mol. The van der Waals surface area contributed by atoms with Gasteiger partial charge < -0.3 is 4.90 Å². The van der Waals surface area contributed by atoms with Crippen LogP contribution in [0.5, 0.6) is 0 Å². The van der Waals surface area contributed by atoms with E-state index in [4.69, 9.17) is 0 Å². The zero-order valence-electron chi connectivity index (χ0n) is 27.2. The Morgan fingerprint density at radius 3 is 1.54 bits per heavy atom. The second-order valence-corrected chi connectivity index (χ2v) is 13.4. The van der Waals surface area contributed by atoms with Gasteiger partial charge in [0.2, 0.25) is 0 Å². The molecule has 8 aromatic rings. The van der Waals surface area contributed by atoms with Crippen molar-refractivity contribution in [3.8, 4) is 33.4 Å². The number of hydrogen-bond acceptors (Lipinski definition) is 1. The van der Waals surface area contributed by atoms with Crippen molar-refractivity contribution >= 4 is 38.6 Å². The summed E-state index contributed by atoms with van der Waals surface area (Å²) in [5.41, 5.74) is 13.7. The zero-order valence-corrected chi connectivity index (χ0v) is 27.2. The van der Waals surface area contributed by atoms with Gasteiger partial charge in [-0.25, -0.2) is 0 Å². The van der Waals surface area contributed by atoms with Gasteiger partial charge in [0.25, 0.3) is 0 Å². The highest BCUT2D eigenvalue weighted by Gasteiger charge is 2.35. The molecule has 0 spiro atoms. The molecule has 1 aliphatic rings. The van der Waals surface area contributed by atoms with Gasteiger partial charge in [0.05, 0.1) is 0 Å².